The van der Waals surface area contributed by atoms with Gasteiger partial charge in [-0.1, -0.05) is 6.92 Å². The average molecular weight is 292 g/mol. The first kappa shape index (κ1) is 13.3. The van der Waals surface area contributed by atoms with E-state index in [0.717, 1.165) is 6.07 Å². The van der Waals surface area contributed by atoms with Crippen molar-refractivity contribution in [1.29, 1.82) is 0 Å². The maximum Gasteiger partial charge on any atom is 0.154 e. The highest BCUT2D eigenvalue weighted by atomic mass is 79.9. The minimum absolute atomic E-state index is 0.141. The Morgan fingerprint density at radius 3 is 2.69 bits per heavy atom. The number of rotatable bonds is 4. The summed E-state index contributed by atoms with van der Waals surface area (Å²) in [5, 5.41) is 0. The topological polar surface area (TPSA) is 43.1 Å². The molecule has 0 aliphatic heterocycles. The third-order valence-corrected chi connectivity index (χ3v) is 2.96. The third kappa shape index (κ3) is 2.86. The van der Waals surface area contributed by atoms with Crippen LogP contribution in [0.3, 0.4) is 0 Å². The normalized spacial score (nSPS) is 12.6. The molecular weight excluding hydrogens is 280 g/mol. The highest BCUT2D eigenvalue weighted by molar-refractivity contribution is 9.10. The number of ketones is 1. The van der Waals surface area contributed by atoms with Gasteiger partial charge in [0.25, 0.3) is 0 Å². The number of benzene rings is 1. The predicted molar refractivity (Wildman–Crippen MR) is 61.0 cm³/mol. The molecule has 0 radical (unpaired) electrons. The molecule has 1 aromatic rings. The van der Waals surface area contributed by atoms with Crippen molar-refractivity contribution in [2.45, 2.75) is 25.8 Å². The second-order valence-corrected chi connectivity index (χ2v) is 4.33. The molecule has 0 fully saturated rings. The molecule has 0 bridgehead atoms. The largest absolute Gasteiger partial charge is 0.322 e. The Labute approximate surface area is 101 Å². The third-order valence-electron chi connectivity index (χ3n) is 2.34. The standard InChI is InChI=1S/C11H12BrF2NO/c1-2-9(15)10(16)5-6-8(13)4-3-7(12)11(6)14/h3-4,9H,2,5,15H2,1H3. The Balaban J connectivity index is 2.97. The lowest BCUT2D eigenvalue weighted by Gasteiger charge is -2.09. The van der Waals surface area contributed by atoms with Gasteiger partial charge in [-0.15, -0.1) is 0 Å². The van der Waals surface area contributed by atoms with E-state index in [1.54, 1.807) is 6.92 Å². The molecule has 1 aromatic carbocycles. The minimum Gasteiger partial charge on any atom is -0.322 e. The van der Waals surface area contributed by atoms with Gasteiger partial charge in [-0.2, -0.15) is 0 Å². The average Bonchev–Trinajstić information content (AvgIpc) is 2.28. The molecule has 2 nitrogen and oxygen atoms in total. The number of carbonyl (C=O) groups excluding carboxylic acids is 1. The smallest absolute Gasteiger partial charge is 0.154 e. The van der Waals surface area contributed by atoms with E-state index in [9.17, 15) is 13.6 Å². The predicted octanol–water partition coefficient (Wildman–Crippen LogP) is 2.58. The van der Waals surface area contributed by atoms with Crippen molar-refractivity contribution < 1.29 is 13.6 Å². The van der Waals surface area contributed by atoms with Crippen molar-refractivity contribution in [2.24, 2.45) is 5.73 Å². The van der Waals surface area contributed by atoms with Crippen molar-refractivity contribution in [2.75, 3.05) is 0 Å². The molecule has 1 rings (SSSR count). The highest BCUT2D eigenvalue weighted by Gasteiger charge is 2.18. The van der Waals surface area contributed by atoms with Crippen LogP contribution in [0.5, 0.6) is 0 Å². The van der Waals surface area contributed by atoms with Crippen LogP contribution in [0, 0.1) is 11.6 Å². The van der Waals surface area contributed by atoms with Crippen LogP contribution in [-0.2, 0) is 11.2 Å². The maximum atomic E-state index is 13.5. The lowest BCUT2D eigenvalue weighted by molar-refractivity contribution is -0.119. The summed E-state index contributed by atoms with van der Waals surface area (Å²) in [4.78, 5) is 11.5. The van der Waals surface area contributed by atoms with Crippen molar-refractivity contribution in [3.8, 4) is 0 Å². The molecular formula is C11H12BrF2NO. The molecule has 0 aliphatic carbocycles. The van der Waals surface area contributed by atoms with E-state index in [0.29, 0.717) is 6.42 Å². The highest BCUT2D eigenvalue weighted by Crippen LogP contribution is 2.22. The van der Waals surface area contributed by atoms with Crippen molar-refractivity contribution >= 4 is 21.7 Å². The second kappa shape index (κ2) is 5.50. The summed E-state index contributed by atoms with van der Waals surface area (Å²) in [6.07, 6.45) is 0.141. The first-order valence-corrected chi connectivity index (χ1v) is 5.67. The van der Waals surface area contributed by atoms with Crippen LogP contribution in [0.1, 0.15) is 18.9 Å². The van der Waals surface area contributed by atoms with E-state index >= 15 is 0 Å². The first-order chi connectivity index (χ1) is 7.47. The molecule has 0 amide bonds. The van der Waals surface area contributed by atoms with Crippen LogP contribution in [-0.4, -0.2) is 11.8 Å². The molecule has 5 heteroatoms. The molecule has 2 N–H and O–H groups in total. The molecule has 1 atom stereocenters. The number of hydrogen-bond acceptors (Lipinski definition) is 2. The number of Topliss-reactive ketones (excluding diaryl/α,β-unsaturated/α-hetero) is 1. The van der Waals surface area contributed by atoms with E-state index < -0.39 is 17.7 Å². The zero-order chi connectivity index (χ0) is 12.3. The molecule has 16 heavy (non-hydrogen) atoms. The molecule has 0 saturated heterocycles. The van der Waals surface area contributed by atoms with Crippen LogP contribution >= 0.6 is 15.9 Å². The number of halogens is 3. The van der Waals surface area contributed by atoms with Gasteiger partial charge in [0.2, 0.25) is 0 Å². The fraction of sp³-hybridized carbons (Fsp3) is 0.364. The minimum atomic E-state index is -0.739. The van der Waals surface area contributed by atoms with Gasteiger partial charge in [-0.05, 0) is 34.5 Å². The van der Waals surface area contributed by atoms with Crippen LogP contribution in [0.2, 0.25) is 0 Å². The van der Waals surface area contributed by atoms with E-state index in [1.807, 2.05) is 0 Å². The lowest BCUT2D eigenvalue weighted by atomic mass is 10.0. The Hall–Kier alpha value is -0.810. The Bertz CT molecular complexity index is 409. The van der Waals surface area contributed by atoms with Crippen molar-refractivity contribution in [1.82, 2.24) is 0 Å². The zero-order valence-corrected chi connectivity index (χ0v) is 10.4. The fourth-order valence-corrected chi connectivity index (χ4v) is 1.64. The van der Waals surface area contributed by atoms with E-state index in [1.165, 1.54) is 6.07 Å². The Morgan fingerprint density at radius 2 is 2.12 bits per heavy atom. The summed E-state index contributed by atoms with van der Waals surface area (Å²) in [6.45, 7) is 1.75. The van der Waals surface area contributed by atoms with Gasteiger partial charge in [-0.3, -0.25) is 4.79 Å². The van der Waals surface area contributed by atoms with Crippen LogP contribution in [0.25, 0.3) is 0 Å². The van der Waals surface area contributed by atoms with Crippen LogP contribution in [0.4, 0.5) is 8.78 Å². The van der Waals surface area contributed by atoms with Gasteiger partial charge < -0.3 is 5.73 Å². The van der Waals surface area contributed by atoms with Gasteiger partial charge in [0.1, 0.15) is 11.6 Å². The number of carbonyl (C=O) groups is 1. The van der Waals surface area contributed by atoms with Crippen molar-refractivity contribution in [3.05, 3.63) is 33.8 Å². The quantitative estimate of drug-likeness (QED) is 0.867. The zero-order valence-electron chi connectivity index (χ0n) is 8.77. The van der Waals surface area contributed by atoms with Crippen molar-refractivity contribution in [3.63, 3.8) is 0 Å². The van der Waals surface area contributed by atoms with E-state index in [2.05, 4.69) is 15.9 Å². The van der Waals surface area contributed by atoms with Crippen LogP contribution < -0.4 is 5.73 Å². The second-order valence-electron chi connectivity index (χ2n) is 3.48. The van der Waals surface area contributed by atoms with Gasteiger partial charge in [0.05, 0.1) is 10.5 Å². The number of hydrogen-bond donors (Lipinski definition) is 1. The molecule has 1 unspecified atom stereocenters. The summed E-state index contributed by atoms with van der Waals surface area (Å²) in [5.41, 5.74) is 5.26. The van der Waals surface area contributed by atoms with Crippen LogP contribution in [0.15, 0.2) is 16.6 Å². The molecule has 0 heterocycles. The SMILES string of the molecule is CCC(N)C(=O)Cc1c(F)ccc(Br)c1F. The van der Waals surface area contributed by atoms with Gasteiger partial charge in [-0.25, -0.2) is 8.78 Å². The monoisotopic (exact) mass is 291 g/mol. The molecule has 0 saturated carbocycles. The summed E-state index contributed by atoms with van der Waals surface area (Å²) in [7, 11) is 0. The maximum absolute atomic E-state index is 13.5. The van der Waals surface area contributed by atoms with E-state index in [-0.39, 0.29) is 22.2 Å². The summed E-state index contributed by atoms with van der Waals surface area (Å²) < 4.78 is 27.0. The first-order valence-electron chi connectivity index (χ1n) is 4.88. The Morgan fingerprint density at radius 1 is 1.50 bits per heavy atom. The summed E-state index contributed by atoms with van der Waals surface area (Å²) in [5.74, 6) is -1.83. The summed E-state index contributed by atoms with van der Waals surface area (Å²) in [6, 6.07) is 1.71. The molecule has 0 aromatic heterocycles. The molecule has 0 spiro atoms. The Kier molecular flexibility index (Phi) is 4.56. The molecule has 88 valence electrons. The van der Waals surface area contributed by atoms with Gasteiger partial charge >= 0.3 is 0 Å². The van der Waals surface area contributed by atoms with Gasteiger partial charge in [0.15, 0.2) is 5.78 Å². The summed E-state index contributed by atoms with van der Waals surface area (Å²) >= 11 is 2.94. The van der Waals surface area contributed by atoms with E-state index in [4.69, 9.17) is 5.73 Å². The van der Waals surface area contributed by atoms with Gasteiger partial charge in [0, 0.05) is 12.0 Å². The number of nitrogens with two attached hydrogens (primary N) is 1. The molecule has 0 aliphatic rings. The lowest BCUT2D eigenvalue weighted by Crippen LogP contribution is -2.31. The fourth-order valence-electron chi connectivity index (χ4n) is 1.26.